The van der Waals surface area contributed by atoms with Crippen molar-refractivity contribution < 1.29 is 18.0 Å². The molecule has 0 bridgehead atoms. The van der Waals surface area contributed by atoms with E-state index in [-0.39, 0.29) is 18.3 Å². The zero-order valence-corrected chi connectivity index (χ0v) is 15.7. The molecule has 8 heteroatoms. The predicted octanol–water partition coefficient (Wildman–Crippen LogP) is 0.932. The molecule has 1 aromatic rings. The van der Waals surface area contributed by atoms with Gasteiger partial charge in [-0.3, -0.25) is 19.4 Å². The van der Waals surface area contributed by atoms with Crippen molar-refractivity contribution in [2.75, 3.05) is 31.9 Å². The molecule has 1 N–H and O–H groups in total. The molecule has 1 heterocycles. The molecule has 1 aliphatic rings. The number of sulfonamides is 1. The zero-order valence-electron chi connectivity index (χ0n) is 14.9. The monoisotopic (exact) mass is 367 g/mol. The van der Waals surface area contributed by atoms with E-state index < -0.39 is 21.8 Å². The molecule has 0 aliphatic carbocycles. The summed E-state index contributed by atoms with van der Waals surface area (Å²) in [6.07, 6.45) is 0. The van der Waals surface area contributed by atoms with Crippen LogP contribution in [0, 0.1) is 0 Å². The summed E-state index contributed by atoms with van der Waals surface area (Å²) >= 11 is 0. The van der Waals surface area contributed by atoms with E-state index >= 15 is 0 Å². The average molecular weight is 367 g/mol. The molecular weight excluding hydrogens is 342 g/mol. The minimum atomic E-state index is -3.57. The first-order valence-corrected chi connectivity index (χ1v) is 10.1. The average Bonchev–Trinajstić information content (AvgIpc) is 2.84. The maximum atomic E-state index is 12.2. The highest BCUT2D eigenvalue weighted by Gasteiger charge is 2.35. The summed E-state index contributed by atoms with van der Waals surface area (Å²) in [5.74, 6) is -1.18. The molecule has 1 atom stereocenters. The molecule has 1 aliphatic heterocycles. The lowest BCUT2D eigenvalue weighted by Crippen LogP contribution is -2.44. The van der Waals surface area contributed by atoms with E-state index in [0.717, 1.165) is 18.0 Å². The molecule has 25 heavy (non-hydrogen) atoms. The van der Waals surface area contributed by atoms with Crippen LogP contribution < -0.4 is 4.72 Å². The summed E-state index contributed by atoms with van der Waals surface area (Å²) in [7, 11) is -3.57. The van der Waals surface area contributed by atoms with Gasteiger partial charge in [-0.25, -0.2) is 13.1 Å². The fourth-order valence-corrected chi connectivity index (χ4v) is 4.01. The van der Waals surface area contributed by atoms with Crippen molar-refractivity contribution in [2.24, 2.45) is 0 Å². The van der Waals surface area contributed by atoms with Crippen LogP contribution in [0.5, 0.6) is 0 Å². The third-order valence-corrected chi connectivity index (χ3v) is 5.82. The van der Waals surface area contributed by atoms with Gasteiger partial charge in [-0.05, 0) is 32.1 Å². The quantitative estimate of drug-likeness (QED) is 0.656. The largest absolute Gasteiger partial charge is 0.300 e. The van der Waals surface area contributed by atoms with E-state index in [0.29, 0.717) is 17.7 Å². The van der Waals surface area contributed by atoms with Gasteiger partial charge in [0.15, 0.2) is 0 Å². The summed E-state index contributed by atoms with van der Waals surface area (Å²) in [6, 6.07) is 6.59. The van der Waals surface area contributed by atoms with Crippen molar-refractivity contribution >= 4 is 21.8 Å². The SMILES string of the molecule is CCN(CC)C(C)CNS(=O)(=O)CCN1C(=O)c2ccccc2C1=O. The number of nitrogens with zero attached hydrogens (tertiary/aromatic N) is 2. The van der Waals surface area contributed by atoms with Gasteiger partial charge in [0.05, 0.1) is 16.9 Å². The minimum absolute atomic E-state index is 0.0732. The van der Waals surface area contributed by atoms with Crippen LogP contribution in [0.25, 0.3) is 0 Å². The van der Waals surface area contributed by atoms with Crippen molar-refractivity contribution in [1.29, 1.82) is 0 Å². The molecule has 0 fully saturated rings. The van der Waals surface area contributed by atoms with E-state index in [2.05, 4.69) is 9.62 Å². The highest BCUT2D eigenvalue weighted by molar-refractivity contribution is 7.89. The van der Waals surface area contributed by atoms with Crippen molar-refractivity contribution in [3.05, 3.63) is 35.4 Å². The van der Waals surface area contributed by atoms with Gasteiger partial charge in [0.1, 0.15) is 0 Å². The topological polar surface area (TPSA) is 86.8 Å². The summed E-state index contributed by atoms with van der Waals surface area (Å²) in [5.41, 5.74) is 0.654. The van der Waals surface area contributed by atoms with E-state index in [4.69, 9.17) is 0 Å². The van der Waals surface area contributed by atoms with Gasteiger partial charge >= 0.3 is 0 Å². The van der Waals surface area contributed by atoms with Crippen LogP contribution in [0.2, 0.25) is 0 Å². The van der Waals surface area contributed by atoms with Crippen molar-refractivity contribution in [1.82, 2.24) is 14.5 Å². The molecule has 0 aromatic heterocycles. The predicted molar refractivity (Wildman–Crippen MR) is 96.0 cm³/mol. The van der Waals surface area contributed by atoms with Gasteiger partial charge in [-0.2, -0.15) is 0 Å². The lowest BCUT2D eigenvalue weighted by atomic mass is 10.1. The number of carbonyl (C=O) groups is 2. The van der Waals surface area contributed by atoms with E-state index in [1.54, 1.807) is 24.3 Å². The number of carbonyl (C=O) groups excluding carboxylic acids is 2. The van der Waals surface area contributed by atoms with Gasteiger partial charge in [-0.1, -0.05) is 26.0 Å². The fourth-order valence-electron chi connectivity index (χ4n) is 2.95. The van der Waals surface area contributed by atoms with Crippen LogP contribution in [-0.4, -0.2) is 68.0 Å². The number of imide groups is 1. The van der Waals surface area contributed by atoms with Crippen LogP contribution in [0.3, 0.4) is 0 Å². The molecule has 0 spiro atoms. The van der Waals surface area contributed by atoms with E-state index in [9.17, 15) is 18.0 Å². The van der Waals surface area contributed by atoms with Crippen molar-refractivity contribution in [2.45, 2.75) is 26.8 Å². The molecule has 2 rings (SSSR count). The van der Waals surface area contributed by atoms with Gasteiger partial charge in [0.2, 0.25) is 10.0 Å². The number of amides is 2. The van der Waals surface area contributed by atoms with Crippen LogP contribution in [0.15, 0.2) is 24.3 Å². The minimum Gasteiger partial charge on any atom is -0.300 e. The lowest BCUT2D eigenvalue weighted by Gasteiger charge is -2.26. The standard InChI is InChI=1S/C17H25N3O4S/c1-4-19(5-2)13(3)12-18-25(23,24)11-10-20-16(21)14-8-6-7-9-15(14)17(20)22/h6-9,13,18H,4-5,10-12H2,1-3H3. The Hall–Kier alpha value is -1.77. The van der Waals surface area contributed by atoms with Crippen molar-refractivity contribution in [3.8, 4) is 0 Å². The second kappa shape index (κ2) is 8.07. The van der Waals surface area contributed by atoms with Crippen molar-refractivity contribution in [3.63, 3.8) is 0 Å². The molecule has 1 unspecified atom stereocenters. The van der Waals surface area contributed by atoms with E-state index in [1.807, 2.05) is 20.8 Å². The Balaban J connectivity index is 1.93. The molecule has 2 amide bonds. The molecular formula is C17H25N3O4S. The first kappa shape index (κ1) is 19.6. The Morgan fingerprint density at radius 3 is 2.08 bits per heavy atom. The Kier molecular flexibility index (Phi) is 6.31. The highest BCUT2D eigenvalue weighted by Crippen LogP contribution is 2.22. The maximum Gasteiger partial charge on any atom is 0.261 e. The van der Waals surface area contributed by atoms with E-state index in [1.165, 1.54) is 0 Å². The number of hydrogen-bond donors (Lipinski definition) is 1. The Morgan fingerprint density at radius 2 is 1.60 bits per heavy atom. The Bertz CT molecular complexity index is 709. The zero-order chi connectivity index (χ0) is 18.6. The molecule has 0 radical (unpaired) electrons. The fraction of sp³-hybridized carbons (Fsp3) is 0.529. The Labute approximate surface area is 149 Å². The first-order valence-electron chi connectivity index (χ1n) is 8.47. The summed E-state index contributed by atoms with van der Waals surface area (Å²) in [6.45, 7) is 7.84. The lowest BCUT2D eigenvalue weighted by molar-refractivity contribution is 0.0664. The number of fused-ring (bicyclic) bond motifs is 1. The number of benzene rings is 1. The van der Waals surface area contributed by atoms with Gasteiger partial charge in [0, 0.05) is 19.1 Å². The second-order valence-corrected chi connectivity index (χ2v) is 7.97. The molecule has 138 valence electrons. The number of hydrogen-bond acceptors (Lipinski definition) is 5. The van der Waals surface area contributed by atoms with Crippen LogP contribution in [-0.2, 0) is 10.0 Å². The van der Waals surface area contributed by atoms with Crippen LogP contribution in [0.1, 0.15) is 41.5 Å². The number of likely N-dealkylation sites (N-methyl/N-ethyl adjacent to an activating group) is 1. The normalized spacial score (nSPS) is 15.8. The van der Waals surface area contributed by atoms with Gasteiger partial charge in [0.25, 0.3) is 11.8 Å². The second-order valence-electron chi connectivity index (χ2n) is 6.05. The number of rotatable bonds is 9. The highest BCUT2D eigenvalue weighted by atomic mass is 32.2. The smallest absolute Gasteiger partial charge is 0.261 e. The Morgan fingerprint density at radius 1 is 1.08 bits per heavy atom. The molecule has 7 nitrogen and oxygen atoms in total. The number of nitrogens with one attached hydrogen (secondary N) is 1. The molecule has 0 saturated carbocycles. The van der Waals surface area contributed by atoms with Gasteiger partial charge in [-0.15, -0.1) is 0 Å². The first-order chi connectivity index (χ1) is 11.8. The maximum absolute atomic E-state index is 12.2. The summed E-state index contributed by atoms with van der Waals surface area (Å²) < 4.78 is 27.0. The molecule has 1 aromatic carbocycles. The van der Waals surface area contributed by atoms with Gasteiger partial charge < -0.3 is 0 Å². The third kappa shape index (κ3) is 4.45. The summed E-state index contributed by atoms with van der Waals surface area (Å²) in [4.78, 5) is 27.6. The summed E-state index contributed by atoms with van der Waals surface area (Å²) in [5, 5.41) is 0. The third-order valence-electron chi connectivity index (χ3n) is 4.50. The van der Waals surface area contributed by atoms with Crippen LogP contribution in [0.4, 0.5) is 0 Å². The molecule has 0 saturated heterocycles. The van der Waals surface area contributed by atoms with Crippen LogP contribution >= 0.6 is 0 Å².